The Morgan fingerprint density at radius 1 is 1.20 bits per heavy atom. The topological polar surface area (TPSA) is 38.3 Å². The zero-order valence-electron chi connectivity index (χ0n) is 10.8. The Morgan fingerprint density at radius 2 is 2.05 bits per heavy atom. The normalized spacial score (nSPS) is 16.9. The van der Waals surface area contributed by atoms with Crippen molar-refractivity contribution < 1.29 is 9.53 Å². The van der Waals surface area contributed by atoms with Crippen LogP contribution in [-0.2, 0) is 4.79 Å². The second kappa shape index (κ2) is 5.55. The van der Waals surface area contributed by atoms with Crippen LogP contribution in [0.15, 0.2) is 48.5 Å². The van der Waals surface area contributed by atoms with E-state index in [-0.39, 0.29) is 11.8 Å². The van der Waals surface area contributed by atoms with Gasteiger partial charge in [0, 0.05) is 16.3 Å². The molecule has 1 aliphatic rings. The van der Waals surface area contributed by atoms with Gasteiger partial charge in [0.1, 0.15) is 5.75 Å². The van der Waals surface area contributed by atoms with E-state index in [4.69, 9.17) is 16.3 Å². The number of hydrogen-bond acceptors (Lipinski definition) is 2. The molecule has 0 fully saturated rings. The Bertz CT molecular complexity index is 642. The molecule has 3 rings (SSSR count). The van der Waals surface area contributed by atoms with Gasteiger partial charge in [-0.2, -0.15) is 0 Å². The number of ether oxygens (including phenoxy) is 1. The van der Waals surface area contributed by atoms with Crippen molar-refractivity contribution in [2.45, 2.75) is 12.3 Å². The maximum Gasteiger partial charge on any atom is 0.232 e. The summed E-state index contributed by atoms with van der Waals surface area (Å²) in [5, 5.41) is 3.52. The lowest BCUT2D eigenvalue weighted by atomic mass is 9.92. The van der Waals surface area contributed by atoms with Crippen LogP contribution >= 0.6 is 11.6 Å². The van der Waals surface area contributed by atoms with E-state index in [1.165, 1.54) is 0 Å². The molecular formula is C16H14ClNO2. The number of fused-ring (bicyclic) bond motifs is 1. The molecule has 0 saturated carbocycles. The van der Waals surface area contributed by atoms with E-state index in [0.717, 1.165) is 11.3 Å². The number of para-hydroxylation sites is 1. The first-order chi connectivity index (χ1) is 9.74. The Labute approximate surface area is 122 Å². The summed E-state index contributed by atoms with van der Waals surface area (Å²) in [7, 11) is 0. The SMILES string of the molecule is O=C(Nc1cccc(Cl)c1)C1CCOc2ccccc21. The molecule has 0 radical (unpaired) electrons. The van der Waals surface area contributed by atoms with E-state index >= 15 is 0 Å². The molecule has 0 aromatic heterocycles. The van der Waals surface area contributed by atoms with Gasteiger partial charge in [-0.15, -0.1) is 0 Å². The van der Waals surface area contributed by atoms with Crippen molar-refractivity contribution in [2.24, 2.45) is 0 Å². The maximum atomic E-state index is 12.4. The van der Waals surface area contributed by atoms with Crippen molar-refractivity contribution >= 4 is 23.2 Å². The predicted molar refractivity (Wildman–Crippen MR) is 79.4 cm³/mol. The number of anilines is 1. The third kappa shape index (κ3) is 2.63. The number of carbonyl (C=O) groups excluding carboxylic acids is 1. The predicted octanol–water partition coefficient (Wildman–Crippen LogP) is 3.84. The van der Waals surface area contributed by atoms with Gasteiger partial charge in [-0.05, 0) is 30.7 Å². The van der Waals surface area contributed by atoms with Gasteiger partial charge in [-0.25, -0.2) is 0 Å². The first-order valence-electron chi connectivity index (χ1n) is 6.52. The highest BCUT2D eigenvalue weighted by atomic mass is 35.5. The molecule has 1 atom stereocenters. The first-order valence-corrected chi connectivity index (χ1v) is 6.90. The molecule has 1 N–H and O–H groups in total. The number of halogens is 1. The van der Waals surface area contributed by atoms with Crippen LogP contribution < -0.4 is 10.1 Å². The smallest absolute Gasteiger partial charge is 0.232 e. The summed E-state index contributed by atoms with van der Waals surface area (Å²) in [4.78, 5) is 12.4. The van der Waals surface area contributed by atoms with E-state index in [0.29, 0.717) is 23.7 Å². The number of benzene rings is 2. The molecule has 102 valence electrons. The zero-order chi connectivity index (χ0) is 13.9. The standard InChI is InChI=1S/C16H14ClNO2/c17-11-4-3-5-12(10-11)18-16(19)14-8-9-20-15-7-2-1-6-13(14)15/h1-7,10,14H,8-9H2,(H,18,19). The lowest BCUT2D eigenvalue weighted by Crippen LogP contribution is -2.26. The van der Waals surface area contributed by atoms with Gasteiger partial charge in [0.25, 0.3) is 0 Å². The van der Waals surface area contributed by atoms with Crippen LogP contribution in [0.4, 0.5) is 5.69 Å². The largest absolute Gasteiger partial charge is 0.493 e. The lowest BCUT2D eigenvalue weighted by molar-refractivity contribution is -0.118. The number of nitrogens with one attached hydrogen (secondary N) is 1. The molecule has 0 aliphatic carbocycles. The van der Waals surface area contributed by atoms with Crippen LogP contribution in [0.5, 0.6) is 5.75 Å². The summed E-state index contributed by atoms with van der Waals surface area (Å²) < 4.78 is 5.57. The zero-order valence-corrected chi connectivity index (χ0v) is 11.6. The van der Waals surface area contributed by atoms with Gasteiger partial charge in [-0.1, -0.05) is 35.9 Å². The maximum absolute atomic E-state index is 12.4. The summed E-state index contributed by atoms with van der Waals surface area (Å²) >= 11 is 5.92. The molecule has 20 heavy (non-hydrogen) atoms. The molecular weight excluding hydrogens is 274 g/mol. The quantitative estimate of drug-likeness (QED) is 0.911. The molecule has 2 aromatic carbocycles. The summed E-state index contributed by atoms with van der Waals surface area (Å²) in [6, 6.07) is 14.8. The molecule has 1 heterocycles. The fraction of sp³-hybridized carbons (Fsp3) is 0.188. The fourth-order valence-corrected chi connectivity index (χ4v) is 2.60. The number of hydrogen-bond donors (Lipinski definition) is 1. The molecule has 0 saturated heterocycles. The third-order valence-electron chi connectivity index (χ3n) is 3.37. The first kappa shape index (κ1) is 13.0. The number of amides is 1. The van der Waals surface area contributed by atoms with E-state index < -0.39 is 0 Å². The van der Waals surface area contributed by atoms with E-state index in [1.54, 1.807) is 12.1 Å². The van der Waals surface area contributed by atoms with Gasteiger partial charge in [0.2, 0.25) is 5.91 Å². The van der Waals surface area contributed by atoms with Gasteiger partial charge in [-0.3, -0.25) is 4.79 Å². The molecule has 0 bridgehead atoms. The molecule has 4 heteroatoms. The minimum Gasteiger partial charge on any atom is -0.493 e. The second-order valence-corrected chi connectivity index (χ2v) is 5.16. The highest BCUT2D eigenvalue weighted by molar-refractivity contribution is 6.30. The summed E-state index contributed by atoms with van der Waals surface area (Å²) in [5.74, 6) is 0.590. The number of carbonyl (C=O) groups is 1. The van der Waals surface area contributed by atoms with Crippen molar-refractivity contribution in [3.8, 4) is 5.75 Å². The monoisotopic (exact) mass is 287 g/mol. The van der Waals surface area contributed by atoms with Crippen molar-refractivity contribution in [3.05, 3.63) is 59.1 Å². The minimum atomic E-state index is -0.182. The molecule has 0 spiro atoms. The van der Waals surface area contributed by atoms with Crippen molar-refractivity contribution in [2.75, 3.05) is 11.9 Å². The van der Waals surface area contributed by atoms with Crippen LogP contribution in [-0.4, -0.2) is 12.5 Å². The Balaban J connectivity index is 1.82. The molecule has 2 aromatic rings. The second-order valence-electron chi connectivity index (χ2n) is 4.73. The van der Waals surface area contributed by atoms with Crippen LogP contribution in [0.1, 0.15) is 17.9 Å². The highest BCUT2D eigenvalue weighted by Crippen LogP contribution is 2.34. The minimum absolute atomic E-state index is 0.0250. The van der Waals surface area contributed by atoms with Gasteiger partial charge < -0.3 is 10.1 Å². The van der Waals surface area contributed by atoms with Crippen LogP contribution in [0.3, 0.4) is 0 Å². The Morgan fingerprint density at radius 3 is 2.90 bits per heavy atom. The molecule has 1 unspecified atom stereocenters. The number of rotatable bonds is 2. The van der Waals surface area contributed by atoms with Gasteiger partial charge >= 0.3 is 0 Å². The van der Waals surface area contributed by atoms with E-state index in [1.807, 2.05) is 36.4 Å². The Hall–Kier alpha value is -2.00. The summed E-state index contributed by atoms with van der Waals surface area (Å²) in [5.41, 5.74) is 1.66. The average Bonchev–Trinajstić information content (AvgIpc) is 2.46. The Kier molecular flexibility index (Phi) is 3.61. The third-order valence-corrected chi connectivity index (χ3v) is 3.60. The van der Waals surface area contributed by atoms with Crippen molar-refractivity contribution in [1.29, 1.82) is 0 Å². The lowest BCUT2D eigenvalue weighted by Gasteiger charge is -2.25. The van der Waals surface area contributed by atoms with Crippen molar-refractivity contribution in [1.82, 2.24) is 0 Å². The summed E-state index contributed by atoms with van der Waals surface area (Å²) in [6.07, 6.45) is 0.684. The highest BCUT2D eigenvalue weighted by Gasteiger charge is 2.27. The summed E-state index contributed by atoms with van der Waals surface area (Å²) in [6.45, 7) is 0.560. The van der Waals surface area contributed by atoms with Crippen LogP contribution in [0.2, 0.25) is 5.02 Å². The fourth-order valence-electron chi connectivity index (χ4n) is 2.41. The van der Waals surface area contributed by atoms with Crippen LogP contribution in [0.25, 0.3) is 0 Å². The van der Waals surface area contributed by atoms with Gasteiger partial charge in [0.05, 0.1) is 12.5 Å². The van der Waals surface area contributed by atoms with E-state index in [2.05, 4.69) is 5.32 Å². The van der Waals surface area contributed by atoms with Crippen molar-refractivity contribution in [3.63, 3.8) is 0 Å². The van der Waals surface area contributed by atoms with Gasteiger partial charge in [0.15, 0.2) is 0 Å². The molecule has 3 nitrogen and oxygen atoms in total. The van der Waals surface area contributed by atoms with E-state index in [9.17, 15) is 4.79 Å². The van der Waals surface area contributed by atoms with Crippen LogP contribution in [0, 0.1) is 0 Å². The molecule has 1 amide bonds. The average molecular weight is 288 g/mol. The molecule has 1 aliphatic heterocycles.